The topological polar surface area (TPSA) is 52.0 Å². The predicted octanol–water partition coefficient (Wildman–Crippen LogP) is 1.13. The standard InChI is InChI=1S/C10H8N4O/c1-2-4-9-8(3-1)7-10(12-15-9)14-6-5-11-13-14/h1-7,12H. The van der Waals surface area contributed by atoms with Crippen molar-refractivity contribution in [3.63, 3.8) is 0 Å². The molecule has 3 rings (SSSR count). The van der Waals surface area contributed by atoms with Crippen LogP contribution in [0.4, 0.5) is 0 Å². The van der Waals surface area contributed by atoms with Gasteiger partial charge < -0.3 is 4.84 Å². The molecule has 2 aromatic rings. The average molecular weight is 200 g/mol. The summed E-state index contributed by atoms with van der Waals surface area (Å²) in [7, 11) is 0. The second-order valence-electron chi connectivity index (χ2n) is 3.12. The van der Waals surface area contributed by atoms with Crippen LogP contribution >= 0.6 is 0 Å². The summed E-state index contributed by atoms with van der Waals surface area (Å²) in [6.07, 6.45) is 5.31. The van der Waals surface area contributed by atoms with E-state index in [0.29, 0.717) is 0 Å². The molecule has 1 aliphatic rings. The molecule has 0 spiro atoms. The Morgan fingerprint density at radius 3 is 3.07 bits per heavy atom. The van der Waals surface area contributed by atoms with Crippen molar-refractivity contribution in [1.82, 2.24) is 20.5 Å². The van der Waals surface area contributed by atoms with Crippen molar-refractivity contribution in [1.29, 1.82) is 0 Å². The lowest BCUT2D eigenvalue weighted by molar-refractivity contribution is 0.240. The normalized spacial score (nSPS) is 13.5. The Hall–Kier alpha value is -2.30. The predicted molar refractivity (Wildman–Crippen MR) is 54.4 cm³/mol. The molecule has 5 heteroatoms. The third-order valence-electron chi connectivity index (χ3n) is 2.15. The van der Waals surface area contributed by atoms with Gasteiger partial charge in [0.05, 0.1) is 12.4 Å². The molecule has 0 amide bonds. The number of aromatic nitrogens is 3. The Morgan fingerprint density at radius 1 is 1.27 bits per heavy atom. The second-order valence-corrected chi connectivity index (χ2v) is 3.12. The van der Waals surface area contributed by atoms with E-state index in [2.05, 4.69) is 15.8 Å². The van der Waals surface area contributed by atoms with E-state index in [1.807, 2.05) is 30.3 Å². The van der Waals surface area contributed by atoms with Crippen LogP contribution in [-0.4, -0.2) is 15.0 Å². The van der Waals surface area contributed by atoms with Gasteiger partial charge in [0.1, 0.15) is 0 Å². The summed E-state index contributed by atoms with van der Waals surface area (Å²) in [6, 6.07) is 7.77. The Labute approximate surface area is 85.9 Å². The van der Waals surface area contributed by atoms with Crippen molar-refractivity contribution in [2.24, 2.45) is 0 Å². The lowest BCUT2D eigenvalue weighted by Crippen LogP contribution is -2.24. The molecule has 1 aromatic heterocycles. The van der Waals surface area contributed by atoms with Crippen LogP contribution in [0.2, 0.25) is 0 Å². The molecule has 0 fully saturated rings. The summed E-state index contributed by atoms with van der Waals surface area (Å²) in [6.45, 7) is 0. The monoisotopic (exact) mass is 200 g/mol. The fourth-order valence-corrected chi connectivity index (χ4v) is 1.43. The number of hydrogen-bond donors (Lipinski definition) is 1. The Balaban J connectivity index is 2.06. The summed E-state index contributed by atoms with van der Waals surface area (Å²) >= 11 is 0. The summed E-state index contributed by atoms with van der Waals surface area (Å²) in [4.78, 5) is 5.35. The van der Waals surface area contributed by atoms with E-state index < -0.39 is 0 Å². The van der Waals surface area contributed by atoms with E-state index in [9.17, 15) is 0 Å². The molecule has 0 radical (unpaired) electrons. The van der Waals surface area contributed by atoms with Gasteiger partial charge in [-0.15, -0.1) is 5.10 Å². The van der Waals surface area contributed by atoms with Gasteiger partial charge in [-0.2, -0.15) is 0 Å². The molecule has 0 bridgehead atoms. The van der Waals surface area contributed by atoms with Crippen molar-refractivity contribution in [2.75, 3.05) is 0 Å². The van der Waals surface area contributed by atoms with Crippen molar-refractivity contribution in [2.45, 2.75) is 0 Å². The van der Waals surface area contributed by atoms with Gasteiger partial charge in [-0.1, -0.05) is 23.4 Å². The third kappa shape index (κ3) is 1.34. The quantitative estimate of drug-likeness (QED) is 0.749. The summed E-state index contributed by atoms with van der Waals surface area (Å²) in [5.41, 5.74) is 3.81. The van der Waals surface area contributed by atoms with Gasteiger partial charge >= 0.3 is 0 Å². The number of para-hydroxylation sites is 1. The van der Waals surface area contributed by atoms with Gasteiger partial charge in [-0.3, -0.25) is 0 Å². The molecular weight excluding hydrogens is 192 g/mol. The van der Waals surface area contributed by atoms with Crippen molar-refractivity contribution < 1.29 is 4.84 Å². The summed E-state index contributed by atoms with van der Waals surface area (Å²) in [5.74, 6) is 1.55. The number of benzene rings is 1. The highest BCUT2D eigenvalue weighted by Crippen LogP contribution is 2.24. The highest BCUT2D eigenvalue weighted by molar-refractivity contribution is 5.73. The van der Waals surface area contributed by atoms with Gasteiger partial charge in [0.25, 0.3) is 0 Å². The number of fused-ring (bicyclic) bond motifs is 1. The maximum absolute atomic E-state index is 5.35. The molecular formula is C10H8N4O. The molecule has 0 saturated heterocycles. The Bertz CT molecular complexity index is 504. The van der Waals surface area contributed by atoms with Gasteiger partial charge in [0, 0.05) is 5.56 Å². The highest BCUT2D eigenvalue weighted by Gasteiger charge is 2.11. The maximum atomic E-state index is 5.35. The number of nitrogens with zero attached hydrogens (tertiary/aromatic N) is 3. The number of rotatable bonds is 1. The Morgan fingerprint density at radius 2 is 2.20 bits per heavy atom. The third-order valence-corrected chi connectivity index (χ3v) is 2.15. The van der Waals surface area contributed by atoms with Crippen molar-refractivity contribution in [3.8, 4) is 5.75 Å². The minimum Gasteiger partial charge on any atom is -0.380 e. The smallest absolute Gasteiger partial charge is 0.164 e. The number of nitrogens with one attached hydrogen (secondary N) is 1. The first-order valence-corrected chi connectivity index (χ1v) is 4.54. The number of hydrogen-bond acceptors (Lipinski definition) is 4. The van der Waals surface area contributed by atoms with Crippen LogP contribution in [0.15, 0.2) is 36.7 Å². The fraction of sp³-hybridized carbons (Fsp3) is 0. The molecule has 0 aliphatic carbocycles. The van der Waals surface area contributed by atoms with Crippen molar-refractivity contribution in [3.05, 3.63) is 42.2 Å². The van der Waals surface area contributed by atoms with Crippen LogP contribution in [0.5, 0.6) is 5.75 Å². The molecule has 0 atom stereocenters. The fourth-order valence-electron chi connectivity index (χ4n) is 1.43. The van der Waals surface area contributed by atoms with Gasteiger partial charge in [0.15, 0.2) is 11.6 Å². The van der Waals surface area contributed by atoms with Crippen LogP contribution in [-0.2, 0) is 0 Å². The highest BCUT2D eigenvalue weighted by atomic mass is 16.6. The second kappa shape index (κ2) is 3.13. The first kappa shape index (κ1) is 8.05. The van der Waals surface area contributed by atoms with Gasteiger partial charge in [0.2, 0.25) is 0 Å². The van der Waals surface area contributed by atoms with Crippen LogP contribution in [0.1, 0.15) is 5.56 Å². The van der Waals surface area contributed by atoms with E-state index in [1.165, 1.54) is 0 Å². The Kier molecular flexibility index (Phi) is 1.68. The SMILES string of the molecule is C1=C(n2ccnn2)NOc2ccccc21. The van der Waals surface area contributed by atoms with Crippen LogP contribution in [0, 0.1) is 0 Å². The summed E-state index contributed by atoms with van der Waals surface area (Å²) in [5, 5.41) is 7.60. The van der Waals surface area contributed by atoms with Crippen LogP contribution in [0.25, 0.3) is 11.9 Å². The molecule has 1 aromatic carbocycles. The zero-order valence-corrected chi connectivity index (χ0v) is 7.79. The molecule has 2 heterocycles. The largest absolute Gasteiger partial charge is 0.380 e. The molecule has 0 unspecified atom stereocenters. The first-order valence-electron chi connectivity index (χ1n) is 4.54. The lowest BCUT2D eigenvalue weighted by Gasteiger charge is -2.17. The first-order chi connectivity index (χ1) is 7.43. The zero-order chi connectivity index (χ0) is 10.1. The summed E-state index contributed by atoms with van der Waals surface area (Å²) < 4.78 is 1.61. The molecule has 1 aliphatic heterocycles. The van der Waals surface area contributed by atoms with Gasteiger partial charge in [-0.25, -0.2) is 10.2 Å². The molecule has 74 valence electrons. The zero-order valence-electron chi connectivity index (χ0n) is 7.79. The van der Waals surface area contributed by atoms with E-state index in [4.69, 9.17) is 4.84 Å². The minimum atomic E-state index is 0.742. The molecule has 1 N–H and O–H groups in total. The molecule has 0 saturated carbocycles. The maximum Gasteiger partial charge on any atom is 0.164 e. The van der Waals surface area contributed by atoms with Crippen LogP contribution < -0.4 is 10.3 Å². The minimum absolute atomic E-state index is 0.742. The van der Waals surface area contributed by atoms with Gasteiger partial charge in [-0.05, 0) is 12.1 Å². The average Bonchev–Trinajstić information content (AvgIpc) is 2.82. The van der Waals surface area contributed by atoms with E-state index in [1.54, 1.807) is 17.1 Å². The molecule has 5 nitrogen and oxygen atoms in total. The van der Waals surface area contributed by atoms with E-state index in [-0.39, 0.29) is 0 Å². The number of hydroxylamine groups is 1. The van der Waals surface area contributed by atoms with Crippen molar-refractivity contribution >= 4 is 11.9 Å². The molecule has 15 heavy (non-hydrogen) atoms. The van der Waals surface area contributed by atoms with Crippen LogP contribution in [0.3, 0.4) is 0 Å². The lowest BCUT2D eigenvalue weighted by atomic mass is 10.2. The van der Waals surface area contributed by atoms with E-state index in [0.717, 1.165) is 17.1 Å². The van der Waals surface area contributed by atoms with E-state index >= 15 is 0 Å².